The van der Waals surface area contributed by atoms with Gasteiger partial charge in [0.05, 0.1) is 24.4 Å². The van der Waals surface area contributed by atoms with Gasteiger partial charge in [-0.2, -0.15) is 0 Å². The molecule has 2 fully saturated rings. The van der Waals surface area contributed by atoms with Crippen LogP contribution in [0.3, 0.4) is 0 Å². The topological polar surface area (TPSA) is 158 Å². The van der Waals surface area contributed by atoms with E-state index in [1.807, 2.05) is 43.3 Å². The maximum absolute atomic E-state index is 12.5. The molecule has 0 unspecified atom stereocenters. The number of hydrogen-bond donors (Lipinski definition) is 5. The lowest BCUT2D eigenvalue weighted by Crippen LogP contribution is -2.70. The maximum Gasteiger partial charge on any atom is 0.225 e. The van der Waals surface area contributed by atoms with Crippen LogP contribution in [0.1, 0.15) is 70.1 Å². The van der Waals surface area contributed by atoms with Crippen molar-refractivity contribution in [3.63, 3.8) is 0 Å². The van der Waals surface area contributed by atoms with Gasteiger partial charge in [-0.1, -0.05) is 29.8 Å². The third kappa shape index (κ3) is 8.00. The highest BCUT2D eigenvalue weighted by Crippen LogP contribution is 2.53. The summed E-state index contributed by atoms with van der Waals surface area (Å²) in [6, 6.07) is 12.4. The van der Waals surface area contributed by atoms with Crippen molar-refractivity contribution in [3.05, 3.63) is 64.2 Å². The van der Waals surface area contributed by atoms with Gasteiger partial charge in [0.15, 0.2) is 11.4 Å². The number of carbonyl (C=O) groups is 2. The van der Waals surface area contributed by atoms with Crippen molar-refractivity contribution in [2.75, 3.05) is 33.9 Å². The second-order valence-corrected chi connectivity index (χ2v) is 14.4. The first-order chi connectivity index (χ1) is 21.9. The predicted octanol–water partition coefficient (Wildman–Crippen LogP) is 2.70. The molecule has 5 atom stereocenters. The van der Waals surface area contributed by atoms with Crippen LogP contribution in [0.4, 0.5) is 0 Å². The Labute approximate surface area is 281 Å². The fourth-order valence-corrected chi connectivity index (χ4v) is 6.29. The first kappa shape index (κ1) is 37.2. The summed E-state index contributed by atoms with van der Waals surface area (Å²) in [6.45, 7) is 7.28. The molecular weight excluding hydrogens is 628 g/mol. The Kier molecular flexibility index (Phi) is 11.5. The summed E-state index contributed by atoms with van der Waals surface area (Å²) in [5, 5.41) is 46.6. The Morgan fingerprint density at radius 2 is 1.70 bits per heavy atom. The Morgan fingerprint density at radius 3 is 2.34 bits per heavy atom. The normalized spacial score (nSPS) is 26.0. The number of hydrogen-bond acceptors (Lipinski definition) is 10. The maximum atomic E-state index is 12.5. The van der Waals surface area contributed by atoms with E-state index in [0.717, 1.165) is 18.5 Å². The zero-order chi connectivity index (χ0) is 34.8. The van der Waals surface area contributed by atoms with Crippen molar-refractivity contribution >= 4 is 23.3 Å². The molecule has 0 aliphatic carbocycles. The highest BCUT2D eigenvalue weighted by molar-refractivity contribution is 6.31. The molecule has 2 aromatic rings. The number of halogens is 1. The molecule has 2 heterocycles. The van der Waals surface area contributed by atoms with Crippen LogP contribution in [0.2, 0.25) is 5.02 Å². The zero-order valence-electron chi connectivity index (χ0n) is 28.1. The second kappa shape index (κ2) is 14.5. The van der Waals surface area contributed by atoms with E-state index in [0.29, 0.717) is 47.8 Å². The molecule has 2 aliphatic heterocycles. The van der Waals surface area contributed by atoms with Gasteiger partial charge >= 0.3 is 0 Å². The number of Topliss-reactive ketones (excluding diaryl/α,β-unsaturated/α-hetero) is 1. The number of ether oxygens (including phenoxy) is 3. The first-order valence-electron chi connectivity index (χ1n) is 16.0. The van der Waals surface area contributed by atoms with E-state index in [-0.39, 0.29) is 24.7 Å². The van der Waals surface area contributed by atoms with Gasteiger partial charge in [0.1, 0.15) is 24.1 Å². The monoisotopic (exact) mass is 676 g/mol. The number of nitrogens with one attached hydrogen (secondary N) is 1. The van der Waals surface area contributed by atoms with Gasteiger partial charge in [-0.15, -0.1) is 0 Å². The van der Waals surface area contributed by atoms with E-state index in [2.05, 4.69) is 5.32 Å². The molecule has 2 aliphatic rings. The van der Waals surface area contributed by atoms with Crippen LogP contribution in [-0.4, -0.2) is 106 Å². The smallest absolute Gasteiger partial charge is 0.225 e. The number of amides is 1. The van der Waals surface area contributed by atoms with E-state index >= 15 is 0 Å². The molecule has 0 radical (unpaired) electrons. The number of nitrogens with zero attached hydrogens (tertiary/aromatic N) is 1. The van der Waals surface area contributed by atoms with Gasteiger partial charge in [-0.25, -0.2) is 0 Å². The number of aliphatic hydroxyl groups excluding tert-OH is 3. The van der Waals surface area contributed by atoms with E-state index in [9.17, 15) is 30.0 Å². The standard InChI is InChI=1S/C35H49ClN2O9/c1-32(2,27(39)9-7-17-38(5)6)37-28(40)10-8-18-45-25-14-11-22(12-15-25)19-23-20-24(13-16-26(23)36)35-31(43)29(41)30(42)34(47-35,21-46-35)33(3,4)44/h11-16,20,29-31,41-44H,7-10,17-19,21H2,1-6H3,(H,37,40)/t29-,30-,31+,34-,35-/m0/s1. The minimum Gasteiger partial charge on any atom is -0.494 e. The number of fused-ring (bicyclic) bond motifs is 2. The van der Waals surface area contributed by atoms with Gasteiger partial charge in [0.25, 0.3) is 0 Å². The molecule has 2 bridgehead atoms. The minimum atomic E-state index is -1.82. The third-order valence-corrected chi connectivity index (χ3v) is 9.49. The highest BCUT2D eigenvalue weighted by atomic mass is 35.5. The number of benzene rings is 2. The van der Waals surface area contributed by atoms with Gasteiger partial charge in [0, 0.05) is 23.4 Å². The van der Waals surface area contributed by atoms with Crippen molar-refractivity contribution in [2.45, 2.75) is 101 Å². The highest BCUT2D eigenvalue weighted by Gasteiger charge is 2.71. The van der Waals surface area contributed by atoms with E-state index in [1.165, 1.54) is 13.8 Å². The van der Waals surface area contributed by atoms with Crippen LogP contribution >= 0.6 is 11.6 Å². The van der Waals surface area contributed by atoms with E-state index < -0.39 is 40.8 Å². The van der Waals surface area contributed by atoms with Crippen LogP contribution in [0.15, 0.2) is 42.5 Å². The molecule has 1 amide bonds. The summed E-state index contributed by atoms with van der Waals surface area (Å²) < 4.78 is 18.0. The molecular formula is C35H49ClN2O9. The van der Waals surface area contributed by atoms with Crippen LogP contribution in [-0.2, 0) is 31.3 Å². The van der Waals surface area contributed by atoms with E-state index in [1.54, 1.807) is 32.0 Å². The minimum absolute atomic E-state index is 0.00919. The predicted molar refractivity (Wildman–Crippen MR) is 176 cm³/mol. The van der Waals surface area contributed by atoms with Crippen LogP contribution < -0.4 is 10.1 Å². The summed E-state index contributed by atoms with van der Waals surface area (Å²) in [5.41, 5.74) is -2.15. The molecule has 0 spiro atoms. The Hall–Kier alpha value is -2.61. The molecule has 2 aromatic carbocycles. The second-order valence-electron chi connectivity index (χ2n) is 14.0. The summed E-state index contributed by atoms with van der Waals surface area (Å²) >= 11 is 6.55. The molecule has 5 N–H and O–H groups in total. The quantitative estimate of drug-likeness (QED) is 0.178. The first-order valence-corrected chi connectivity index (χ1v) is 16.4. The summed E-state index contributed by atoms with van der Waals surface area (Å²) in [5.74, 6) is -1.36. The molecule has 11 nitrogen and oxygen atoms in total. The molecule has 0 aromatic heterocycles. The Bertz CT molecular complexity index is 1410. The van der Waals surface area contributed by atoms with Crippen molar-refractivity contribution in [1.82, 2.24) is 10.2 Å². The largest absolute Gasteiger partial charge is 0.494 e. The number of aliphatic hydroxyl groups is 4. The van der Waals surface area contributed by atoms with Crippen LogP contribution in [0.25, 0.3) is 0 Å². The zero-order valence-corrected chi connectivity index (χ0v) is 28.8. The molecule has 4 rings (SSSR count). The van der Waals surface area contributed by atoms with Gasteiger partial charge in [0.2, 0.25) is 11.7 Å². The number of carbonyl (C=O) groups excluding carboxylic acids is 2. The molecule has 47 heavy (non-hydrogen) atoms. The van der Waals surface area contributed by atoms with Crippen molar-refractivity contribution in [1.29, 1.82) is 0 Å². The van der Waals surface area contributed by atoms with Gasteiger partial charge in [-0.3, -0.25) is 9.59 Å². The van der Waals surface area contributed by atoms with Gasteiger partial charge < -0.3 is 44.9 Å². The Morgan fingerprint density at radius 1 is 1.02 bits per heavy atom. The number of rotatable bonds is 15. The van der Waals surface area contributed by atoms with Gasteiger partial charge in [-0.05, 0) is 103 Å². The average Bonchev–Trinajstić information content (AvgIpc) is 3.40. The van der Waals surface area contributed by atoms with Crippen LogP contribution in [0.5, 0.6) is 5.75 Å². The fraction of sp³-hybridized carbons (Fsp3) is 0.600. The van der Waals surface area contributed by atoms with Crippen molar-refractivity contribution in [3.8, 4) is 5.75 Å². The lowest BCUT2D eigenvalue weighted by atomic mass is 9.75. The molecule has 260 valence electrons. The molecule has 2 saturated heterocycles. The summed E-state index contributed by atoms with van der Waals surface area (Å²) in [7, 11) is 3.92. The van der Waals surface area contributed by atoms with Crippen LogP contribution in [0, 0.1) is 0 Å². The fourth-order valence-electron chi connectivity index (χ4n) is 6.11. The molecule has 0 saturated carbocycles. The lowest BCUT2D eigenvalue weighted by Gasteiger charge is -2.50. The van der Waals surface area contributed by atoms with Crippen molar-refractivity contribution < 1.29 is 44.2 Å². The summed E-state index contributed by atoms with van der Waals surface area (Å²) in [4.78, 5) is 27.0. The lowest BCUT2D eigenvalue weighted by molar-refractivity contribution is -0.348. The van der Waals surface area contributed by atoms with E-state index in [4.69, 9.17) is 25.8 Å². The molecule has 12 heteroatoms. The number of ketones is 1. The summed E-state index contributed by atoms with van der Waals surface area (Å²) in [6.07, 6.45) is -2.54. The van der Waals surface area contributed by atoms with Crippen molar-refractivity contribution in [2.24, 2.45) is 0 Å². The third-order valence-electron chi connectivity index (χ3n) is 9.13. The average molecular weight is 677 g/mol. The SMILES string of the molecule is CN(C)CCCC(=O)C(C)(C)NC(=O)CCCOc1ccc(Cc2cc([C@]34OC[C@](C(C)(C)O)(O3)[C@@H](O)[C@H](O)[C@H]4O)ccc2Cl)cc1. The Balaban J connectivity index is 1.32.